The van der Waals surface area contributed by atoms with Gasteiger partial charge < -0.3 is 4.74 Å². The Balaban J connectivity index is 1.42. The molecule has 5 rings (SSSR count). The van der Waals surface area contributed by atoms with Crippen LogP contribution in [0.3, 0.4) is 0 Å². The van der Waals surface area contributed by atoms with E-state index in [1.54, 1.807) is 0 Å². The molecule has 4 unspecified atom stereocenters. The fourth-order valence-corrected chi connectivity index (χ4v) is 8.74. The number of hydrogen-bond donors (Lipinski definition) is 0. The van der Waals surface area contributed by atoms with Crippen molar-refractivity contribution in [3.05, 3.63) is 11.6 Å². The average Bonchev–Trinajstić information content (AvgIpc) is 3.35. The van der Waals surface area contributed by atoms with Gasteiger partial charge in [-0.1, -0.05) is 26.3 Å². The summed E-state index contributed by atoms with van der Waals surface area (Å²) in [6, 6.07) is 0. The third-order valence-electron chi connectivity index (χ3n) is 10.1. The molecule has 0 aromatic heterocycles. The van der Waals surface area contributed by atoms with Crippen LogP contribution in [-0.2, 0) is 14.3 Å². The SMILES string of the molecule is CC(=O)OC[C@@H](C)C1CCC2C3C(CC[C@@]21C)[C@@]1(C)CCC(=O)C=C1[C@H]1C[C@@H]31. The molecule has 5 aliphatic rings. The largest absolute Gasteiger partial charge is 0.466 e. The lowest BCUT2D eigenvalue weighted by atomic mass is 9.46. The molecular weight excluding hydrogens is 348 g/mol. The summed E-state index contributed by atoms with van der Waals surface area (Å²) in [6.45, 7) is 9.45. The third-order valence-corrected chi connectivity index (χ3v) is 10.1. The number of esters is 1. The van der Waals surface area contributed by atoms with E-state index in [1.165, 1.54) is 44.6 Å². The molecule has 4 fully saturated rings. The topological polar surface area (TPSA) is 43.4 Å². The maximum atomic E-state index is 12.1. The molecule has 0 aliphatic heterocycles. The molecule has 0 radical (unpaired) electrons. The summed E-state index contributed by atoms with van der Waals surface area (Å²) in [5, 5.41) is 0. The summed E-state index contributed by atoms with van der Waals surface area (Å²) in [7, 11) is 0. The fraction of sp³-hybridized carbons (Fsp3) is 0.840. The molecule has 28 heavy (non-hydrogen) atoms. The van der Waals surface area contributed by atoms with Crippen LogP contribution in [0.25, 0.3) is 0 Å². The van der Waals surface area contributed by atoms with Crippen molar-refractivity contribution in [3.8, 4) is 0 Å². The Hall–Kier alpha value is -1.12. The molecule has 0 aromatic carbocycles. The lowest BCUT2D eigenvalue weighted by molar-refractivity contribution is -0.143. The number of carbonyl (C=O) groups is 2. The van der Waals surface area contributed by atoms with E-state index < -0.39 is 0 Å². The van der Waals surface area contributed by atoms with Gasteiger partial charge in [0.15, 0.2) is 5.78 Å². The number of fused-ring (bicyclic) bond motifs is 8. The Morgan fingerprint density at radius 1 is 1.21 bits per heavy atom. The smallest absolute Gasteiger partial charge is 0.302 e. The van der Waals surface area contributed by atoms with Crippen molar-refractivity contribution in [1.82, 2.24) is 0 Å². The fourth-order valence-electron chi connectivity index (χ4n) is 8.74. The van der Waals surface area contributed by atoms with Crippen LogP contribution in [0.1, 0.15) is 72.6 Å². The molecule has 0 N–H and O–H groups in total. The van der Waals surface area contributed by atoms with E-state index >= 15 is 0 Å². The molecule has 5 aliphatic carbocycles. The van der Waals surface area contributed by atoms with Crippen molar-refractivity contribution in [2.75, 3.05) is 6.61 Å². The summed E-state index contributed by atoms with van der Waals surface area (Å²) in [4.78, 5) is 23.4. The van der Waals surface area contributed by atoms with Gasteiger partial charge in [0.2, 0.25) is 0 Å². The van der Waals surface area contributed by atoms with Gasteiger partial charge in [0.1, 0.15) is 0 Å². The molecule has 0 amide bonds. The van der Waals surface area contributed by atoms with Gasteiger partial charge in [-0.15, -0.1) is 0 Å². The molecule has 3 heteroatoms. The number of carbonyl (C=O) groups excluding carboxylic acids is 2. The second-order valence-electron chi connectivity index (χ2n) is 11.3. The van der Waals surface area contributed by atoms with Crippen molar-refractivity contribution in [2.24, 2.45) is 52.3 Å². The summed E-state index contributed by atoms with van der Waals surface area (Å²) < 4.78 is 5.40. The summed E-state index contributed by atoms with van der Waals surface area (Å²) in [6.07, 6.45) is 10.5. The number of rotatable bonds is 3. The maximum Gasteiger partial charge on any atom is 0.302 e. The van der Waals surface area contributed by atoms with E-state index in [9.17, 15) is 9.59 Å². The van der Waals surface area contributed by atoms with Gasteiger partial charge in [-0.05, 0) is 96.9 Å². The summed E-state index contributed by atoms with van der Waals surface area (Å²) in [5.74, 6) is 5.33. The van der Waals surface area contributed by atoms with Gasteiger partial charge in [-0.3, -0.25) is 9.59 Å². The standard InChI is InChI=1S/C25H36O3/c1-14(13-28-15(2)26)19-5-6-20-23-18-12-17(18)22-11-16(27)7-9-25(22,4)21(23)8-10-24(19,20)3/h11,14,17-21,23H,5-10,12-13H2,1-4H3/t14-,17+,18-,19?,20?,21?,23?,24-,25-/m1/s1. The van der Waals surface area contributed by atoms with Gasteiger partial charge >= 0.3 is 5.97 Å². The lowest BCUT2D eigenvalue weighted by Gasteiger charge is -2.58. The minimum Gasteiger partial charge on any atom is -0.466 e. The van der Waals surface area contributed by atoms with E-state index in [0.717, 1.165) is 36.5 Å². The quantitative estimate of drug-likeness (QED) is 0.629. The Morgan fingerprint density at radius 3 is 2.75 bits per heavy atom. The van der Waals surface area contributed by atoms with E-state index in [4.69, 9.17) is 4.74 Å². The van der Waals surface area contributed by atoms with Crippen molar-refractivity contribution in [3.63, 3.8) is 0 Å². The first-order valence-corrected chi connectivity index (χ1v) is 11.6. The molecule has 4 saturated carbocycles. The van der Waals surface area contributed by atoms with Gasteiger partial charge in [0, 0.05) is 13.3 Å². The molecule has 0 bridgehead atoms. The van der Waals surface area contributed by atoms with E-state index in [-0.39, 0.29) is 11.4 Å². The first-order valence-electron chi connectivity index (χ1n) is 11.6. The van der Waals surface area contributed by atoms with Crippen molar-refractivity contribution in [1.29, 1.82) is 0 Å². The van der Waals surface area contributed by atoms with E-state index in [2.05, 4.69) is 26.8 Å². The Bertz CT molecular complexity index is 738. The van der Waals surface area contributed by atoms with Crippen molar-refractivity contribution < 1.29 is 14.3 Å². The highest BCUT2D eigenvalue weighted by Crippen LogP contribution is 2.74. The highest BCUT2D eigenvalue weighted by atomic mass is 16.5. The van der Waals surface area contributed by atoms with Gasteiger partial charge in [-0.25, -0.2) is 0 Å². The maximum absolute atomic E-state index is 12.1. The summed E-state index contributed by atoms with van der Waals surface area (Å²) in [5.41, 5.74) is 2.21. The number of allylic oxidation sites excluding steroid dienone is 1. The zero-order valence-electron chi connectivity index (χ0n) is 18.0. The van der Waals surface area contributed by atoms with Crippen LogP contribution >= 0.6 is 0 Å². The van der Waals surface area contributed by atoms with E-state index in [1.807, 2.05) is 0 Å². The van der Waals surface area contributed by atoms with Crippen molar-refractivity contribution >= 4 is 11.8 Å². The average molecular weight is 385 g/mol. The van der Waals surface area contributed by atoms with Gasteiger partial charge in [0.25, 0.3) is 0 Å². The zero-order chi connectivity index (χ0) is 19.8. The third kappa shape index (κ3) is 2.53. The molecule has 0 spiro atoms. The van der Waals surface area contributed by atoms with Crippen LogP contribution in [0.2, 0.25) is 0 Å². The van der Waals surface area contributed by atoms with Crippen LogP contribution in [0.4, 0.5) is 0 Å². The molecule has 3 nitrogen and oxygen atoms in total. The molecule has 0 saturated heterocycles. The minimum atomic E-state index is -0.151. The predicted molar refractivity (Wildman–Crippen MR) is 108 cm³/mol. The Kier molecular flexibility index (Phi) is 4.17. The number of hydrogen-bond acceptors (Lipinski definition) is 3. The van der Waals surface area contributed by atoms with Gasteiger partial charge in [0.05, 0.1) is 6.61 Å². The Labute approximate surface area is 169 Å². The first-order chi connectivity index (χ1) is 13.3. The number of ketones is 1. The van der Waals surface area contributed by atoms with Crippen LogP contribution in [0.15, 0.2) is 11.6 Å². The van der Waals surface area contributed by atoms with Crippen LogP contribution in [0.5, 0.6) is 0 Å². The monoisotopic (exact) mass is 384 g/mol. The second-order valence-corrected chi connectivity index (χ2v) is 11.3. The first kappa shape index (κ1) is 18.9. The van der Waals surface area contributed by atoms with Crippen LogP contribution in [0, 0.1) is 52.3 Å². The summed E-state index contributed by atoms with van der Waals surface area (Å²) >= 11 is 0. The van der Waals surface area contributed by atoms with Crippen LogP contribution < -0.4 is 0 Å². The molecule has 9 atom stereocenters. The Morgan fingerprint density at radius 2 is 2.00 bits per heavy atom. The van der Waals surface area contributed by atoms with Crippen molar-refractivity contribution in [2.45, 2.75) is 72.6 Å². The molecule has 0 heterocycles. The van der Waals surface area contributed by atoms with Gasteiger partial charge in [-0.2, -0.15) is 0 Å². The normalized spacial score (nSPS) is 49.9. The number of ether oxygens (including phenoxy) is 1. The zero-order valence-corrected chi connectivity index (χ0v) is 18.0. The second kappa shape index (κ2) is 6.19. The van der Waals surface area contributed by atoms with E-state index in [0.29, 0.717) is 35.6 Å². The molecule has 154 valence electrons. The predicted octanol–water partition coefficient (Wildman–Crippen LogP) is 5.19. The van der Waals surface area contributed by atoms with Crippen LogP contribution in [-0.4, -0.2) is 18.4 Å². The highest BCUT2D eigenvalue weighted by Gasteiger charge is 2.67. The lowest BCUT2D eigenvalue weighted by Crippen LogP contribution is -2.52. The minimum absolute atomic E-state index is 0.151. The molecule has 0 aromatic rings. The highest BCUT2D eigenvalue weighted by molar-refractivity contribution is 5.92. The molecular formula is C25H36O3.